The summed E-state index contributed by atoms with van der Waals surface area (Å²) < 4.78 is 5.72. The highest BCUT2D eigenvalue weighted by Gasteiger charge is 2.34. The van der Waals surface area contributed by atoms with Gasteiger partial charge in [0.1, 0.15) is 5.75 Å². The van der Waals surface area contributed by atoms with Crippen molar-refractivity contribution in [2.75, 3.05) is 20.2 Å². The van der Waals surface area contributed by atoms with Crippen molar-refractivity contribution in [3.05, 3.63) is 29.3 Å². The number of nitrogens with zero attached hydrogens (tertiary/aromatic N) is 1. The van der Waals surface area contributed by atoms with Crippen LogP contribution in [0, 0.1) is 29.6 Å². The van der Waals surface area contributed by atoms with E-state index in [1.54, 1.807) is 7.11 Å². The van der Waals surface area contributed by atoms with Crippen LogP contribution in [0.15, 0.2) is 18.2 Å². The van der Waals surface area contributed by atoms with Crippen LogP contribution in [-0.2, 0) is 0 Å². The van der Waals surface area contributed by atoms with Crippen LogP contribution in [0.1, 0.15) is 89.7 Å². The van der Waals surface area contributed by atoms with Gasteiger partial charge in [-0.15, -0.1) is 0 Å². The van der Waals surface area contributed by atoms with Crippen LogP contribution in [0.5, 0.6) is 5.75 Å². The largest absolute Gasteiger partial charge is 0.496 e. The minimum atomic E-state index is 0.592. The van der Waals surface area contributed by atoms with Gasteiger partial charge < -0.3 is 9.64 Å². The first kappa shape index (κ1) is 22.2. The molecule has 1 aliphatic carbocycles. The van der Waals surface area contributed by atoms with Gasteiger partial charge in [-0.3, -0.25) is 0 Å². The second-order valence-corrected chi connectivity index (χ2v) is 9.80. The van der Waals surface area contributed by atoms with E-state index in [9.17, 15) is 0 Å². The number of piperidine rings is 1. The van der Waals surface area contributed by atoms with E-state index in [4.69, 9.17) is 4.74 Å². The molecule has 0 bridgehead atoms. The molecular formula is C27H41NO. The number of benzene rings is 1. The smallest absolute Gasteiger partial charge is 0.122 e. The van der Waals surface area contributed by atoms with Gasteiger partial charge in [-0.2, -0.15) is 0 Å². The van der Waals surface area contributed by atoms with E-state index in [0.29, 0.717) is 11.8 Å². The Kier molecular flexibility index (Phi) is 8.07. The summed E-state index contributed by atoms with van der Waals surface area (Å²) in [5.41, 5.74) is 2.50. The van der Waals surface area contributed by atoms with Gasteiger partial charge in [-0.1, -0.05) is 52.4 Å². The molecule has 0 unspecified atom stereocenters. The third-order valence-corrected chi connectivity index (χ3v) is 7.25. The molecule has 0 spiro atoms. The minimum absolute atomic E-state index is 0.592. The number of ether oxygens (including phenoxy) is 1. The van der Waals surface area contributed by atoms with Crippen LogP contribution in [-0.4, -0.2) is 31.1 Å². The summed E-state index contributed by atoms with van der Waals surface area (Å²) in [5.74, 6) is 10.7. The summed E-state index contributed by atoms with van der Waals surface area (Å²) in [6.07, 6.45) is 9.03. The maximum Gasteiger partial charge on any atom is 0.122 e. The van der Waals surface area contributed by atoms with Crippen LogP contribution < -0.4 is 4.74 Å². The van der Waals surface area contributed by atoms with E-state index in [2.05, 4.69) is 62.6 Å². The fourth-order valence-electron chi connectivity index (χ4n) is 5.29. The van der Waals surface area contributed by atoms with Crippen molar-refractivity contribution in [2.24, 2.45) is 17.8 Å². The Hall–Kier alpha value is -1.46. The molecule has 160 valence electrons. The molecule has 1 saturated heterocycles. The molecule has 29 heavy (non-hydrogen) atoms. The average Bonchev–Trinajstić information content (AvgIpc) is 2.74. The zero-order chi connectivity index (χ0) is 20.8. The van der Waals surface area contributed by atoms with Gasteiger partial charge in [0.25, 0.3) is 0 Å². The summed E-state index contributed by atoms with van der Waals surface area (Å²) in [5, 5.41) is 0. The van der Waals surface area contributed by atoms with E-state index < -0.39 is 0 Å². The first-order chi connectivity index (χ1) is 14.0. The third kappa shape index (κ3) is 5.79. The Morgan fingerprint density at radius 1 is 1.14 bits per heavy atom. The lowest BCUT2D eigenvalue weighted by Gasteiger charge is -2.44. The Bertz CT molecular complexity index is 705. The predicted molar refractivity (Wildman–Crippen MR) is 123 cm³/mol. The lowest BCUT2D eigenvalue weighted by atomic mass is 9.76. The van der Waals surface area contributed by atoms with Crippen molar-refractivity contribution in [1.29, 1.82) is 0 Å². The van der Waals surface area contributed by atoms with E-state index in [1.807, 2.05) is 0 Å². The lowest BCUT2D eigenvalue weighted by molar-refractivity contribution is 0.0640. The maximum absolute atomic E-state index is 5.72. The lowest BCUT2D eigenvalue weighted by Crippen LogP contribution is -2.47. The number of hydrogen-bond donors (Lipinski definition) is 0. The summed E-state index contributed by atoms with van der Waals surface area (Å²) in [7, 11) is 1.80. The molecule has 2 nitrogen and oxygen atoms in total. The molecule has 1 aromatic carbocycles. The highest BCUT2D eigenvalue weighted by Crippen LogP contribution is 2.39. The molecule has 1 saturated carbocycles. The number of methoxy groups -OCH3 is 1. The minimum Gasteiger partial charge on any atom is -0.496 e. The second kappa shape index (κ2) is 10.5. The van der Waals surface area contributed by atoms with Gasteiger partial charge in [0.15, 0.2) is 0 Å². The van der Waals surface area contributed by atoms with Crippen molar-refractivity contribution >= 4 is 0 Å². The van der Waals surface area contributed by atoms with Gasteiger partial charge in [-0.25, -0.2) is 0 Å². The highest BCUT2D eigenvalue weighted by molar-refractivity contribution is 5.46. The summed E-state index contributed by atoms with van der Waals surface area (Å²) in [6.45, 7) is 11.7. The topological polar surface area (TPSA) is 12.5 Å². The van der Waals surface area contributed by atoms with Crippen molar-refractivity contribution < 1.29 is 4.74 Å². The summed E-state index contributed by atoms with van der Waals surface area (Å²) in [6, 6.07) is 7.32. The van der Waals surface area contributed by atoms with Crippen LogP contribution in [0.3, 0.4) is 0 Å². The summed E-state index contributed by atoms with van der Waals surface area (Å²) in [4.78, 5) is 2.81. The van der Waals surface area contributed by atoms with Gasteiger partial charge in [0.2, 0.25) is 0 Å². The van der Waals surface area contributed by atoms with Gasteiger partial charge in [-0.05, 0) is 86.2 Å². The number of hydrogen-bond acceptors (Lipinski definition) is 2. The first-order valence-corrected chi connectivity index (χ1v) is 11.9. The highest BCUT2D eigenvalue weighted by atomic mass is 16.5. The predicted octanol–water partition coefficient (Wildman–Crippen LogP) is 6.49. The van der Waals surface area contributed by atoms with Crippen molar-refractivity contribution in [2.45, 2.75) is 84.6 Å². The Labute approximate surface area is 179 Å². The molecule has 0 radical (unpaired) electrons. The number of rotatable bonds is 5. The van der Waals surface area contributed by atoms with Crippen LogP contribution >= 0.6 is 0 Å². The molecular weight excluding hydrogens is 354 g/mol. The molecule has 3 rings (SSSR count). The van der Waals surface area contributed by atoms with Crippen molar-refractivity contribution in [3.8, 4) is 17.6 Å². The fourth-order valence-corrected chi connectivity index (χ4v) is 5.29. The molecule has 2 aliphatic rings. The maximum atomic E-state index is 5.72. The van der Waals surface area contributed by atoms with E-state index >= 15 is 0 Å². The molecule has 0 amide bonds. The molecule has 0 aromatic heterocycles. The molecule has 0 N–H and O–H groups in total. The fraction of sp³-hybridized carbons (Fsp3) is 0.704. The molecule has 2 heteroatoms. The van der Waals surface area contributed by atoms with E-state index in [1.165, 1.54) is 57.2 Å². The number of likely N-dealkylation sites (tertiary alicyclic amines) is 1. The first-order valence-electron chi connectivity index (χ1n) is 11.9. The molecule has 1 aliphatic heterocycles. The SMILES string of the molecule is CC[C@@H]1CC[C@@H](C)[C@@H](N2CCC(c3cc(C#CCC(C)C)ccc3OC)CC2)C1. The monoisotopic (exact) mass is 395 g/mol. The zero-order valence-electron chi connectivity index (χ0n) is 19.3. The third-order valence-electron chi connectivity index (χ3n) is 7.25. The van der Waals surface area contributed by atoms with E-state index in [0.717, 1.165) is 35.6 Å². The van der Waals surface area contributed by atoms with Crippen LogP contribution in [0.4, 0.5) is 0 Å². The van der Waals surface area contributed by atoms with Gasteiger partial charge in [0.05, 0.1) is 7.11 Å². The van der Waals surface area contributed by atoms with Gasteiger partial charge in [0, 0.05) is 18.0 Å². The Morgan fingerprint density at radius 3 is 2.55 bits per heavy atom. The van der Waals surface area contributed by atoms with E-state index in [-0.39, 0.29) is 0 Å². The molecule has 2 fully saturated rings. The van der Waals surface area contributed by atoms with Crippen molar-refractivity contribution in [1.82, 2.24) is 4.90 Å². The van der Waals surface area contributed by atoms with Gasteiger partial charge >= 0.3 is 0 Å². The summed E-state index contributed by atoms with van der Waals surface area (Å²) >= 11 is 0. The standard InChI is InChI=1S/C27H41NO/c1-6-22-11-10-21(4)26(19-22)28-16-14-24(15-17-28)25-18-23(9-7-8-20(2)3)12-13-27(25)29-5/h12-13,18,20-22,24,26H,6,8,10-11,14-17,19H2,1-5H3/t21-,22-,26+/m1/s1. The zero-order valence-corrected chi connectivity index (χ0v) is 19.3. The van der Waals surface area contributed by atoms with Crippen LogP contribution in [0.25, 0.3) is 0 Å². The van der Waals surface area contributed by atoms with Crippen LogP contribution in [0.2, 0.25) is 0 Å². The molecule has 3 atom stereocenters. The normalized spacial score (nSPS) is 26.2. The second-order valence-electron chi connectivity index (χ2n) is 9.80. The quantitative estimate of drug-likeness (QED) is 0.529. The molecule has 1 heterocycles. The van der Waals surface area contributed by atoms with Crippen molar-refractivity contribution in [3.63, 3.8) is 0 Å². The Balaban J connectivity index is 1.67. The average molecular weight is 396 g/mol. The molecule has 1 aromatic rings. The Morgan fingerprint density at radius 2 is 1.90 bits per heavy atom.